The Bertz CT molecular complexity index is 314. The van der Waals surface area contributed by atoms with Gasteiger partial charge in [0.1, 0.15) is 0 Å². The van der Waals surface area contributed by atoms with Crippen LogP contribution in [0.3, 0.4) is 0 Å². The maximum Gasteiger partial charge on any atom is 0.171 e. The minimum Gasteiger partial charge on any atom is -0.349 e. The van der Waals surface area contributed by atoms with E-state index in [1.54, 1.807) is 0 Å². The molecule has 0 bridgehead atoms. The molecule has 0 saturated heterocycles. The van der Waals surface area contributed by atoms with Crippen molar-refractivity contribution < 1.29 is 18.9 Å². The predicted octanol–water partition coefficient (Wildman–Crippen LogP) is 3.13. The highest BCUT2D eigenvalue weighted by Crippen LogP contribution is 2.40. The summed E-state index contributed by atoms with van der Waals surface area (Å²) in [7, 11) is 0. The van der Waals surface area contributed by atoms with Crippen LogP contribution in [0.1, 0.15) is 64.7 Å². The Morgan fingerprint density at radius 1 is 0.750 bits per heavy atom. The Hall–Kier alpha value is -0.160. The molecule has 0 unspecified atom stereocenters. The number of ether oxygens (including phenoxy) is 4. The van der Waals surface area contributed by atoms with Gasteiger partial charge in [-0.05, 0) is 58.3 Å². The summed E-state index contributed by atoms with van der Waals surface area (Å²) >= 11 is 0. The lowest BCUT2D eigenvalue weighted by Gasteiger charge is -2.33. The molecule has 0 spiro atoms. The zero-order valence-corrected chi connectivity index (χ0v) is 12.4. The molecule has 4 rings (SSSR count). The molecular formula is C16H26O4. The lowest BCUT2D eigenvalue weighted by molar-refractivity contribution is -0.280. The number of rotatable bonds is 10. The molecular weight excluding hydrogens is 256 g/mol. The summed E-state index contributed by atoms with van der Waals surface area (Å²) in [5.41, 5.74) is 0. The van der Waals surface area contributed by atoms with E-state index in [9.17, 15) is 0 Å². The SMILES string of the molecule is CC(CC(OC1CC1)OC1CC1)(OC1CC1)OC1CC1. The molecule has 4 heteroatoms. The monoisotopic (exact) mass is 282 g/mol. The molecule has 4 fully saturated rings. The minimum absolute atomic E-state index is 0.155. The minimum atomic E-state index is -0.531. The molecule has 4 saturated carbocycles. The Labute approximate surface area is 121 Å². The summed E-state index contributed by atoms with van der Waals surface area (Å²) in [5, 5.41) is 0. The second kappa shape index (κ2) is 5.24. The largest absolute Gasteiger partial charge is 0.349 e. The summed E-state index contributed by atoms with van der Waals surface area (Å²) in [4.78, 5) is 0. The van der Waals surface area contributed by atoms with Crippen molar-refractivity contribution in [3.05, 3.63) is 0 Å². The van der Waals surface area contributed by atoms with Crippen LogP contribution in [-0.2, 0) is 18.9 Å². The van der Waals surface area contributed by atoms with Crippen LogP contribution in [0.15, 0.2) is 0 Å². The first kappa shape index (κ1) is 13.5. The van der Waals surface area contributed by atoms with Gasteiger partial charge in [-0.1, -0.05) is 0 Å². The lowest BCUT2D eigenvalue weighted by atomic mass is 10.2. The van der Waals surface area contributed by atoms with E-state index in [0.29, 0.717) is 30.8 Å². The quantitative estimate of drug-likeness (QED) is 0.577. The predicted molar refractivity (Wildman–Crippen MR) is 73.2 cm³/mol. The summed E-state index contributed by atoms with van der Waals surface area (Å²) in [6.45, 7) is 2.07. The fraction of sp³-hybridized carbons (Fsp3) is 1.00. The van der Waals surface area contributed by atoms with E-state index in [1.807, 2.05) is 0 Å². The standard InChI is InChI=1S/C16H26O4/c1-16(19-13-6-7-13,20-14-8-9-14)10-15(17-11-2-3-11)18-12-4-5-12/h11-15H,2-10H2,1H3. The van der Waals surface area contributed by atoms with Crippen LogP contribution < -0.4 is 0 Å². The van der Waals surface area contributed by atoms with Crippen molar-refractivity contribution in [1.29, 1.82) is 0 Å². The topological polar surface area (TPSA) is 36.9 Å². The molecule has 4 aliphatic carbocycles. The van der Waals surface area contributed by atoms with Gasteiger partial charge in [-0.3, -0.25) is 0 Å². The van der Waals surface area contributed by atoms with Gasteiger partial charge in [0.2, 0.25) is 0 Å². The zero-order valence-electron chi connectivity index (χ0n) is 12.4. The molecule has 0 atom stereocenters. The van der Waals surface area contributed by atoms with Gasteiger partial charge in [-0.2, -0.15) is 0 Å². The van der Waals surface area contributed by atoms with Crippen LogP contribution in [0.4, 0.5) is 0 Å². The molecule has 114 valence electrons. The van der Waals surface area contributed by atoms with E-state index in [-0.39, 0.29) is 6.29 Å². The van der Waals surface area contributed by atoms with E-state index in [1.165, 1.54) is 51.4 Å². The van der Waals surface area contributed by atoms with Crippen molar-refractivity contribution in [3.8, 4) is 0 Å². The molecule has 0 N–H and O–H groups in total. The Balaban J connectivity index is 1.36. The van der Waals surface area contributed by atoms with Crippen molar-refractivity contribution in [1.82, 2.24) is 0 Å². The summed E-state index contributed by atoms with van der Waals surface area (Å²) in [5.74, 6) is -0.531. The van der Waals surface area contributed by atoms with Gasteiger partial charge in [0.25, 0.3) is 0 Å². The van der Waals surface area contributed by atoms with Crippen molar-refractivity contribution in [2.75, 3.05) is 0 Å². The Kier molecular flexibility index (Phi) is 3.53. The molecule has 0 heterocycles. The first-order chi connectivity index (χ1) is 9.68. The van der Waals surface area contributed by atoms with Crippen LogP contribution in [0.25, 0.3) is 0 Å². The van der Waals surface area contributed by atoms with Gasteiger partial charge >= 0.3 is 0 Å². The zero-order chi connectivity index (χ0) is 13.6. The first-order valence-electron chi connectivity index (χ1n) is 8.35. The van der Waals surface area contributed by atoms with Gasteiger partial charge in [-0.15, -0.1) is 0 Å². The van der Waals surface area contributed by atoms with Crippen molar-refractivity contribution in [2.24, 2.45) is 0 Å². The summed E-state index contributed by atoms with van der Waals surface area (Å²) in [6, 6.07) is 0. The first-order valence-corrected chi connectivity index (χ1v) is 8.35. The van der Waals surface area contributed by atoms with Crippen molar-refractivity contribution >= 4 is 0 Å². The third-order valence-corrected chi connectivity index (χ3v) is 4.16. The number of hydrogen-bond acceptors (Lipinski definition) is 4. The van der Waals surface area contributed by atoms with Gasteiger partial charge < -0.3 is 18.9 Å². The van der Waals surface area contributed by atoms with Gasteiger partial charge in [-0.25, -0.2) is 0 Å². The molecule has 20 heavy (non-hydrogen) atoms. The molecule has 0 aromatic carbocycles. The molecule has 0 aromatic rings. The number of hydrogen-bond donors (Lipinski definition) is 0. The highest BCUT2D eigenvalue weighted by molar-refractivity contribution is 4.84. The second-order valence-corrected chi connectivity index (χ2v) is 7.07. The molecule has 4 nitrogen and oxygen atoms in total. The van der Waals surface area contributed by atoms with E-state index in [4.69, 9.17) is 18.9 Å². The van der Waals surface area contributed by atoms with E-state index in [0.717, 1.165) is 0 Å². The summed E-state index contributed by atoms with van der Waals surface area (Å²) < 4.78 is 24.4. The highest BCUT2D eigenvalue weighted by atomic mass is 16.7. The second-order valence-electron chi connectivity index (χ2n) is 7.07. The van der Waals surface area contributed by atoms with E-state index >= 15 is 0 Å². The fourth-order valence-corrected chi connectivity index (χ4v) is 2.47. The van der Waals surface area contributed by atoms with Crippen LogP contribution in [0.5, 0.6) is 0 Å². The Morgan fingerprint density at radius 2 is 1.15 bits per heavy atom. The average molecular weight is 282 g/mol. The van der Waals surface area contributed by atoms with Gasteiger partial charge in [0.05, 0.1) is 30.8 Å². The highest BCUT2D eigenvalue weighted by Gasteiger charge is 2.43. The smallest absolute Gasteiger partial charge is 0.171 e. The van der Waals surface area contributed by atoms with Crippen molar-refractivity contribution in [3.63, 3.8) is 0 Å². The molecule has 0 aromatic heterocycles. The van der Waals surface area contributed by atoms with Gasteiger partial charge in [0.15, 0.2) is 12.1 Å². The third-order valence-electron chi connectivity index (χ3n) is 4.16. The maximum absolute atomic E-state index is 6.15. The molecule has 0 radical (unpaired) electrons. The third kappa shape index (κ3) is 4.17. The van der Waals surface area contributed by atoms with Crippen LogP contribution in [0.2, 0.25) is 0 Å². The van der Waals surface area contributed by atoms with E-state index < -0.39 is 5.79 Å². The Morgan fingerprint density at radius 3 is 1.50 bits per heavy atom. The normalized spacial score (nSPS) is 27.3. The summed E-state index contributed by atoms with van der Waals surface area (Å²) in [6.07, 6.45) is 11.5. The molecule has 4 aliphatic rings. The maximum atomic E-state index is 6.15. The van der Waals surface area contributed by atoms with Crippen molar-refractivity contribution in [2.45, 2.75) is 101 Å². The van der Waals surface area contributed by atoms with Crippen LogP contribution in [0, 0.1) is 0 Å². The lowest BCUT2D eigenvalue weighted by Crippen LogP contribution is -2.40. The molecule has 0 amide bonds. The van der Waals surface area contributed by atoms with E-state index in [2.05, 4.69) is 6.92 Å². The van der Waals surface area contributed by atoms with Gasteiger partial charge in [0, 0.05) is 0 Å². The fourth-order valence-electron chi connectivity index (χ4n) is 2.47. The van der Waals surface area contributed by atoms with Crippen LogP contribution >= 0.6 is 0 Å². The average Bonchev–Trinajstić information content (AvgIpc) is 3.11. The molecule has 0 aliphatic heterocycles. The van der Waals surface area contributed by atoms with Crippen LogP contribution in [-0.4, -0.2) is 36.5 Å².